The van der Waals surface area contributed by atoms with Crippen LogP contribution in [0, 0.1) is 0 Å². The van der Waals surface area contributed by atoms with Crippen LogP contribution >= 0.6 is 0 Å². The predicted octanol–water partition coefficient (Wildman–Crippen LogP) is 3.50. The fraction of sp³-hybridized carbons (Fsp3) is 0.588. The Morgan fingerprint density at radius 2 is 2.00 bits per heavy atom. The summed E-state index contributed by atoms with van der Waals surface area (Å²) in [5.41, 5.74) is 2.69. The first-order valence-electron chi connectivity index (χ1n) is 7.59. The van der Waals surface area contributed by atoms with Gasteiger partial charge in [-0.3, -0.25) is 0 Å². The molecule has 118 valence electrons. The minimum Gasteiger partial charge on any atom is -0.444 e. The second-order valence-corrected chi connectivity index (χ2v) is 5.86. The number of aliphatic hydroxyl groups is 1. The molecule has 4 nitrogen and oxygen atoms in total. The lowest BCUT2D eigenvalue weighted by Crippen LogP contribution is -2.40. The van der Waals surface area contributed by atoms with Crippen LogP contribution in [0.2, 0.25) is 0 Å². The highest BCUT2D eigenvalue weighted by Gasteiger charge is 2.26. The van der Waals surface area contributed by atoms with Crippen molar-refractivity contribution in [3.05, 3.63) is 34.9 Å². The lowest BCUT2D eigenvalue weighted by atomic mass is 9.95. The number of fused-ring (bicyclic) bond motifs is 1. The number of carbonyl (C=O) groups excluding carboxylic acids is 1. The Morgan fingerprint density at radius 3 is 2.57 bits per heavy atom. The summed E-state index contributed by atoms with van der Waals surface area (Å²) in [6, 6.07) is 5.91. The molecule has 1 aliphatic heterocycles. The second kappa shape index (κ2) is 7.46. The maximum absolute atomic E-state index is 12.1. The van der Waals surface area contributed by atoms with E-state index in [4.69, 9.17) is 4.74 Å². The molecule has 0 aliphatic carbocycles. The maximum Gasteiger partial charge on any atom is 0.410 e. The van der Waals surface area contributed by atoms with Crippen molar-refractivity contribution in [3.63, 3.8) is 0 Å². The summed E-state index contributed by atoms with van der Waals surface area (Å²) in [5.74, 6) is 0. The average Bonchev–Trinajstić information content (AvgIpc) is 2.46. The minimum atomic E-state index is -0.478. The van der Waals surface area contributed by atoms with Crippen LogP contribution in [-0.4, -0.2) is 28.2 Å². The van der Waals surface area contributed by atoms with Crippen molar-refractivity contribution in [1.29, 1.82) is 0 Å². The predicted molar refractivity (Wildman–Crippen MR) is 84.1 cm³/mol. The fourth-order valence-corrected chi connectivity index (χ4v) is 2.28. The van der Waals surface area contributed by atoms with Gasteiger partial charge in [-0.2, -0.15) is 0 Å². The number of carbonyl (C=O) groups is 1. The zero-order valence-electron chi connectivity index (χ0n) is 13.8. The quantitative estimate of drug-likeness (QED) is 0.862. The van der Waals surface area contributed by atoms with Gasteiger partial charge < -0.3 is 14.7 Å². The topological polar surface area (TPSA) is 49.8 Å². The Morgan fingerprint density at radius 1 is 1.33 bits per heavy atom. The van der Waals surface area contributed by atoms with E-state index in [1.54, 1.807) is 4.90 Å². The van der Waals surface area contributed by atoms with Crippen LogP contribution in [0.1, 0.15) is 51.3 Å². The molecule has 4 heteroatoms. The number of ether oxygens (including phenoxy) is 1. The maximum atomic E-state index is 12.1. The Hall–Kier alpha value is -1.55. The van der Waals surface area contributed by atoms with Crippen molar-refractivity contribution in [3.8, 4) is 0 Å². The van der Waals surface area contributed by atoms with Gasteiger partial charge >= 0.3 is 6.09 Å². The van der Waals surface area contributed by atoms with Gasteiger partial charge in [0.1, 0.15) is 5.60 Å². The van der Waals surface area contributed by atoms with E-state index < -0.39 is 5.60 Å². The number of rotatable bonds is 1. The van der Waals surface area contributed by atoms with Gasteiger partial charge in [0.05, 0.1) is 6.61 Å². The third-order valence-corrected chi connectivity index (χ3v) is 3.19. The van der Waals surface area contributed by atoms with Crippen molar-refractivity contribution >= 4 is 6.09 Å². The molecule has 0 bridgehead atoms. The number of aliphatic hydroxyl groups excluding tert-OH is 1. The first kappa shape index (κ1) is 17.5. The summed E-state index contributed by atoms with van der Waals surface area (Å²) in [4.78, 5) is 13.8. The highest BCUT2D eigenvalue weighted by Crippen LogP contribution is 2.24. The molecule has 0 fully saturated rings. The number of hydrogen-bond acceptors (Lipinski definition) is 3. The summed E-state index contributed by atoms with van der Waals surface area (Å²) in [6.45, 7) is 10.8. The van der Waals surface area contributed by atoms with Crippen LogP contribution in [-0.2, 0) is 24.3 Å². The largest absolute Gasteiger partial charge is 0.444 e. The third-order valence-electron chi connectivity index (χ3n) is 3.19. The van der Waals surface area contributed by atoms with Crippen molar-refractivity contribution < 1.29 is 14.6 Å². The lowest BCUT2D eigenvalue weighted by Gasteiger charge is -2.32. The van der Waals surface area contributed by atoms with E-state index in [9.17, 15) is 9.90 Å². The van der Waals surface area contributed by atoms with Crippen LogP contribution in [0.25, 0.3) is 0 Å². The number of nitrogens with zero attached hydrogens (tertiary/aromatic N) is 1. The molecular formula is C17H27NO3. The Bertz CT molecular complexity index is 463. The van der Waals surface area contributed by atoms with Crippen LogP contribution in [0.3, 0.4) is 0 Å². The molecule has 0 atom stereocenters. The van der Waals surface area contributed by atoms with E-state index >= 15 is 0 Å². The van der Waals surface area contributed by atoms with Gasteiger partial charge in [0.2, 0.25) is 0 Å². The van der Waals surface area contributed by atoms with E-state index in [2.05, 4.69) is 6.07 Å². The number of benzene rings is 1. The summed E-state index contributed by atoms with van der Waals surface area (Å²) in [7, 11) is 0. The molecule has 0 unspecified atom stereocenters. The Labute approximate surface area is 127 Å². The van der Waals surface area contributed by atoms with Gasteiger partial charge in [-0.25, -0.2) is 4.79 Å². The third kappa shape index (κ3) is 4.74. The first-order valence-corrected chi connectivity index (χ1v) is 7.59. The van der Waals surface area contributed by atoms with Crippen LogP contribution in [0.15, 0.2) is 18.2 Å². The first-order chi connectivity index (χ1) is 9.90. The SMILES string of the molecule is CC.CC(C)(C)OC(=O)N1CCc2cccc(CO)c2C1. The summed E-state index contributed by atoms with van der Waals surface area (Å²) < 4.78 is 5.39. The average molecular weight is 293 g/mol. The minimum absolute atomic E-state index is 0.00529. The van der Waals surface area contributed by atoms with Gasteiger partial charge in [0, 0.05) is 13.1 Å². The Balaban J connectivity index is 0.00000106. The second-order valence-electron chi connectivity index (χ2n) is 5.86. The van der Waals surface area contributed by atoms with E-state index in [0.717, 1.165) is 17.5 Å². The highest BCUT2D eigenvalue weighted by atomic mass is 16.6. The standard InChI is InChI=1S/C15H21NO3.C2H6/c1-15(2,3)19-14(18)16-8-7-11-5-4-6-12(10-17)13(11)9-16;1-2/h4-6,17H,7-10H2,1-3H3;1-2H3. The molecule has 1 aliphatic rings. The molecule has 0 aromatic heterocycles. The molecule has 0 saturated heterocycles. The zero-order chi connectivity index (χ0) is 16.0. The Kier molecular flexibility index (Phi) is 6.21. The van der Waals surface area contributed by atoms with Gasteiger partial charge in [-0.15, -0.1) is 0 Å². The normalized spacial score (nSPS) is 13.9. The van der Waals surface area contributed by atoms with E-state index in [1.807, 2.05) is 46.8 Å². The highest BCUT2D eigenvalue weighted by molar-refractivity contribution is 5.68. The molecule has 0 saturated carbocycles. The lowest BCUT2D eigenvalue weighted by molar-refractivity contribution is 0.0222. The zero-order valence-corrected chi connectivity index (χ0v) is 13.8. The number of amides is 1. The van der Waals surface area contributed by atoms with Crippen molar-refractivity contribution in [2.45, 2.75) is 59.8 Å². The van der Waals surface area contributed by atoms with Gasteiger partial charge in [0.15, 0.2) is 0 Å². The van der Waals surface area contributed by atoms with Crippen molar-refractivity contribution in [2.75, 3.05) is 6.54 Å². The monoisotopic (exact) mass is 293 g/mol. The summed E-state index contributed by atoms with van der Waals surface area (Å²) >= 11 is 0. The summed E-state index contributed by atoms with van der Waals surface area (Å²) in [6.07, 6.45) is 0.522. The molecular weight excluding hydrogens is 266 g/mol. The fourth-order valence-electron chi connectivity index (χ4n) is 2.28. The number of hydrogen-bond donors (Lipinski definition) is 1. The van der Waals surface area contributed by atoms with Crippen molar-refractivity contribution in [1.82, 2.24) is 4.90 Å². The summed E-state index contributed by atoms with van der Waals surface area (Å²) in [5, 5.41) is 9.37. The molecule has 1 heterocycles. The molecule has 0 spiro atoms. The van der Waals surface area contributed by atoms with E-state index in [0.29, 0.717) is 13.1 Å². The van der Waals surface area contributed by atoms with Crippen LogP contribution in [0.4, 0.5) is 4.79 Å². The molecule has 2 rings (SSSR count). The van der Waals surface area contributed by atoms with Gasteiger partial charge in [-0.05, 0) is 43.9 Å². The van der Waals surface area contributed by atoms with Gasteiger partial charge in [0.25, 0.3) is 0 Å². The molecule has 0 radical (unpaired) electrons. The van der Waals surface area contributed by atoms with E-state index in [1.165, 1.54) is 5.56 Å². The molecule has 21 heavy (non-hydrogen) atoms. The molecule has 1 N–H and O–H groups in total. The smallest absolute Gasteiger partial charge is 0.410 e. The van der Waals surface area contributed by atoms with E-state index in [-0.39, 0.29) is 12.7 Å². The molecule has 1 aromatic carbocycles. The van der Waals surface area contributed by atoms with Crippen LogP contribution in [0.5, 0.6) is 0 Å². The van der Waals surface area contributed by atoms with Gasteiger partial charge in [-0.1, -0.05) is 32.0 Å². The van der Waals surface area contributed by atoms with Crippen molar-refractivity contribution in [2.24, 2.45) is 0 Å². The molecule has 1 aromatic rings. The molecule has 1 amide bonds. The van der Waals surface area contributed by atoms with Crippen LogP contribution < -0.4 is 0 Å².